The molecule has 0 spiro atoms. The average molecular weight is 292 g/mol. The van der Waals surface area contributed by atoms with Gasteiger partial charge in [-0.05, 0) is 18.9 Å². The molecule has 1 aliphatic carbocycles. The van der Waals surface area contributed by atoms with E-state index in [2.05, 4.69) is 4.98 Å². The fraction of sp³-hybridized carbons (Fsp3) is 0.308. The van der Waals surface area contributed by atoms with Crippen LogP contribution in [0.25, 0.3) is 10.6 Å². The molecule has 0 bridgehead atoms. The molecule has 3 rings (SSSR count). The first kappa shape index (κ1) is 12.9. The van der Waals surface area contributed by atoms with Crippen molar-refractivity contribution in [2.24, 2.45) is 0 Å². The first-order chi connectivity index (χ1) is 9.65. The van der Waals surface area contributed by atoms with Crippen molar-refractivity contribution in [1.82, 2.24) is 9.88 Å². The second-order valence-corrected chi connectivity index (χ2v) is 5.47. The van der Waals surface area contributed by atoms with Crippen molar-refractivity contribution in [2.75, 3.05) is 6.54 Å². The largest absolute Gasteiger partial charge is 0.480 e. The van der Waals surface area contributed by atoms with Crippen molar-refractivity contribution < 1.29 is 19.1 Å². The number of furan rings is 1. The molecular formula is C13H12N2O4S. The Morgan fingerprint density at radius 2 is 2.30 bits per heavy atom. The number of thiazole rings is 1. The highest BCUT2D eigenvalue weighted by Gasteiger charge is 2.35. The van der Waals surface area contributed by atoms with Crippen molar-refractivity contribution in [3.05, 3.63) is 29.7 Å². The number of hydrogen-bond acceptors (Lipinski definition) is 5. The van der Waals surface area contributed by atoms with Crippen molar-refractivity contribution in [3.63, 3.8) is 0 Å². The lowest BCUT2D eigenvalue weighted by atomic mass is 10.3. The third kappa shape index (κ3) is 2.57. The Kier molecular flexibility index (Phi) is 3.27. The van der Waals surface area contributed by atoms with Gasteiger partial charge in [0, 0.05) is 17.0 Å². The van der Waals surface area contributed by atoms with Gasteiger partial charge in [-0.2, -0.15) is 0 Å². The molecule has 1 amide bonds. The normalized spacial score (nSPS) is 14.2. The molecule has 0 radical (unpaired) electrons. The minimum Gasteiger partial charge on any atom is -0.480 e. The summed E-state index contributed by atoms with van der Waals surface area (Å²) in [5.41, 5.74) is 1.10. The Morgan fingerprint density at radius 3 is 2.90 bits per heavy atom. The molecule has 1 saturated carbocycles. The van der Waals surface area contributed by atoms with Crippen LogP contribution >= 0.6 is 11.3 Å². The van der Waals surface area contributed by atoms with Gasteiger partial charge in [0.2, 0.25) is 0 Å². The van der Waals surface area contributed by atoms with Crippen molar-refractivity contribution in [3.8, 4) is 10.6 Å². The summed E-state index contributed by atoms with van der Waals surface area (Å²) in [5, 5.41) is 11.2. The number of rotatable bonds is 5. The monoisotopic (exact) mass is 292 g/mol. The summed E-state index contributed by atoms with van der Waals surface area (Å²) >= 11 is 1.34. The quantitative estimate of drug-likeness (QED) is 0.912. The summed E-state index contributed by atoms with van der Waals surface area (Å²) in [4.78, 5) is 28.8. The van der Waals surface area contributed by atoms with Crippen LogP contribution in [-0.4, -0.2) is 39.5 Å². The predicted octanol–water partition coefficient (Wildman–Crippen LogP) is 2.09. The standard InChI is InChI=1S/C13H12N2O4S/c16-11(17)5-15(9-1-2-9)13(18)10-7-20-12(14-10)8-3-4-19-6-8/h3-4,6-7,9H,1-2,5H2,(H,16,17). The number of nitrogens with zero attached hydrogens (tertiary/aromatic N) is 2. The molecule has 0 saturated heterocycles. The predicted molar refractivity (Wildman–Crippen MR) is 71.5 cm³/mol. The van der Waals surface area contributed by atoms with Gasteiger partial charge in [0.05, 0.1) is 6.26 Å². The molecule has 0 aromatic carbocycles. The summed E-state index contributed by atoms with van der Waals surface area (Å²) in [5.74, 6) is -1.32. The number of aromatic nitrogens is 1. The van der Waals surface area contributed by atoms with Gasteiger partial charge < -0.3 is 14.4 Å². The van der Waals surface area contributed by atoms with Crippen LogP contribution in [0.15, 0.2) is 28.4 Å². The molecule has 0 atom stereocenters. The van der Waals surface area contributed by atoms with Gasteiger partial charge in [-0.15, -0.1) is 11.3 Å². The van der Waals surface area contributed by atoms with E-state index in [9.17, 15) is 9.59 Å². The maximum Gasteiger partial charge on any atom is 0.323 e. The van der Waals surface area contributed by atoms with E-state index in [4.69, 9.17) is 9.52 Å². The van der Waals surface area contributed by atoms with E-state index in [-0.39, 0.29) is 18.5 Å². The lowest BCUT2D eigenvalue weighted by Gasteiger charge is -2.18. The molecule has 1 fully saturated rings. The molecule has 1 aliphatic rings. The molecular weight excluding hydrogens is 280 g/mol. The molecule has 20 heavy (non-hydrogen) atoms. The average Bonchev–Trinajstić information content (AvgIpc) is 2.94. The van der Waals surface area contributed by atoms with E-state index in [1.165, 1.54) is 16.2 Å². The number of carbonyl (C=O) groups excluding carboxylic acids is 1. The van der Waals surface area contributed by atoms with Crippen molar-refractivity contribution in [2.45, 2.75) is 18.9 Å². The van der Waals surface area contributed by atoms with E-state index in [0.717, 1.165) is 18.4 Å². The SMILES string of the molecule is O=C(O)CN(C(=O)c1csc(-c2ccoc2)n1)C1CC1. The second kappa shape index (κ2) is 5.09. The highest BCUT2D eigenvalue weighted by Crippen LogP contribution is 2.29. The van der Waals surface area contributed by atoms with Crippen LogP contribution in [0.1, 0.15) is 23.3 Å². The lowest BCUT2D eigenvalue weighted by molar-refractivity contribution is -0.137. The zero-order valence-electron chi connectivity index (χ0n) is 10.5. The minimum absolute atomic E-state index is 0.0395. The smallest absolute Gasteiger partial charge is 0.323 e. The number of hydrogen-bond donors (Lipinski definition) is 1. The van der Waals surface area contributed by atoms with Crippen LogP contribution in [0.2, 0.25) is 0 Å². The second-order valence-electron chi connectivity index (χ2n) is 4.61. The summed E-state index contributed by atoms with van der Waals surface area (Å²) in [7, 11) is 0. The van der Waals surface area contributed by atoms with Gasteiger partial charge in [-0.3, -0.25) is 9.59 Å². The summed E-state index contributed by atoms with van der Waals surface area (Å²) in [6.07, 6.45) is 4.82. The Hall–Kier alpha value is -2.15. The Balaban J connectivity index is 1.80. The molecule has 2 aromatic rings. The maximum atomic E-state index is 12.3. The zero-order chi connectivity index (χ0) is 14.1. The number of aliphatic carboxylic acids is 1. The molecule has 2 aromatic heterocycles. The van der Waals surface area contributed by atoms with Gasteiger partial charge in [-0.1, -0.05) is 0 Å². The van der Waals surface area contributed by atoms with Crippen LogP contribution in [-0.2, 0) is 4.79 Å². The molecule has 7 heteroatoms. The fourth-order valence-corrected chi connectivity index (χ4v) is 2.72. The van der Waals surface area contributed by atoms with Crippen molar-refractivity contribution >= 4 is 23.2 Å². The fourth-order valence-electron chi connectivity index (χ4n) is 1.94. The highest BCUT2D eigenvalue weighted by atomic mass is 32.1. The van der Waals surface area contributed by atoms with Crippen molar-refractivity contribution in [1.29, 1.82) is 0 Å². The third-order valence-corrected chi connectivity index (χ3v) is 3.94. The summed E-state index contributed by atoms with van der Waals surface area (Å²) in [6.45, 7) is -0.276. The van der Waals surface area contributed by atoms with E-state index in [1.807, 2.05) is 0 Å². The molecule has 2 heterocycles. The molecule has 1 N–H and O–H groups in total. The van der Waals surface area contributed by atoms with Gasteiger partial charge in [-0.25, -0.2) is 4.98 Å². The highest BCUT2D eigenvalue weighted by molar-refractivity contribution is 7.13. The zero-order valence-corrected chi connectivity index (χ0v) is 11.3. The number of amides is 1. The van der Waals surface area contributed by atoms with Crippen LogP contribution in [0.4, 0.5) is 0 Å². The topological polar surface area (TPSA) is 83.6 Å². The van der Waals surface area contributed by atoms with E-state index in [0.29, 0.717) is 10.7 Å². The van der Waals surface area contributed by atoms with Crippen LogP contribution in [0, 0.1) is 0 Å². The Labute approximate surface area is 118 Å². The number of carboxylic acid groups (broad SMARTS) is 1. The molecule has 104 valence electrons. The first-order valence-electron chi connectivity index (χ1n) is 6.16. The Bertz CT molecular complexity index is 631. The molecule has 0 aliphatic heterocycles. The summed E-state index contributed by atoms with van der Waals surface area (Å²) < 4.78 is 4.98. The van der Waals surface area contributed by atoms with Crippen LogP contribution < -0.4 is 0 Å². The lowest BCUT2D eigenvalue weighted by Crippen LogP contribution is -2.37. The van der Waals surface area contributed by atoms with Gasteiger partial charge in [0.25, 0.3) is 5.91 Å². The van der Waals surface area contributed by atoms with E-state index in [1.54, 1.807) is 24.0 Å². The Morgan fingerprint density at radius 1 is 1.50 bits per heavy atom. The van der Waals surface area contributed by atoms with Crippen LogP contribution in [0.3, 0.4) is 0 Å². The van der Waals surface area contributed by atoms with E-state index >= 15 is 0 Å². The van der Waals surface area contributed by atoms with Gasteiger partial charge in [0.15, 0.2) is 0 Å². The first-order valence-corrected chi connectivity index (χ1v) is 7.04. The maximum absolute atomic E-state index is 12.3. The third-order valence-electron chi connectivity index (χ3n) is 3.05. The number of carbonyl (C=O) groups is 2. The summed E-state index contributed by atoms with van der Waals surface area (Å²) in [6, 6.07) is 1.81. The van der Waals surface area contributed by atoms with Crippen LogP contribution in [0.5, 0.6) is 0 Å². The number of carboxylic acids is 1. The molecule has 0 unspecified atom stereocenters. The molecule has 6 nitrogen and oxygen atoms in total. The van der Waals surface area contributed by atoms with Gasteiger partial charge >= 0.3 is 5.97 Å². The van der Waals surface area contributed by atoms with E-state index < -0.39 is 5.97 Å². The van der Waals surface area contributed by atoms with Gasteiger partial charge in [0.1, 0.15) is 23.5 Å². The minimum atomic E-state index is -1.00.